The molecule has 2 saturated heterocycles. The minimum atomic E-state index is -0.0639. The molecule has 1 atom stereocenters. The van der Waals surface area contributed by atoms with Crippen molar-refractivity contribution in [3.05, 3.63) is 34.7 Å². The second-order valence-electron chi connectivity index (χ2n) is 8.95. The quantitative estimate of drug-likeness (QED) is 0.699. The summed E-state index contributed by atoms with van der Waals surface area (Å²) >= 11 is 12.0. The third-order valence-electron chi connectivity index (χ3n) is 6.82. The first-order chi connectivity index (χ1) is 14.6. The topological polar surface area (TPSA) is 38.8 Å². The number of anilines is 1. The molecular weight excluding hydrogens is 419 g/mol. The molecule has 1 radical (unpaired) electrons. The lowest BCUT2D eigenvalue weighted by molar-refractivity contribution is 0.0724. The predicted octanol–water partition coefficient (Wildman–Crippen LogP) is 5.00. The number of carbonyl (C=O) groups excluding carboxylic acids is 1. The number of halogens is 2. The summed E-state index contributed by atoms with van der Waals surface area (Å²) in [7, 11) is 0. The Bertz CT molecular complexity index is 717. The molecule has 2 aliphatic heterocycles. The van der Waals surface area contributed by atoms with Gasteiger partial charge in [-0.1, -0.05) is 23.2 Å². The van der Waals surface area contributed by atoms with Gasteiger partial charge in [0.05, 0.1) is 10.0 Å². The SMILES string of the molecule is O=C(Nc1ccc(Cl)c(Cl)c1)N1CCN(C[C@H]2CCCN(C3CC[CH]CC3)C2)CC1. The van der Waals surface area contributed by atoms with E-state index in [1.54, 1.807) is 18.2 Å². The Labute approximate surface area is 190 Å². The van der Waals surface area contributed by atoms with Crippen molar-refractivity contribution in [2.75, 3.05) is 51.1 Å². The van der Waals surface area contributed by atoms with Crippen LogP contribution in [-0.4, -0.2) is 72.6 Å². The van der Waals surface area contributed by atoms with Crippen molar-refractivity contribution in [2.45, 2.75) is 44.6 Å². The van der Waals surface area contributed by atoms with Crippen LogP contribution in [0.4, 0.5) is 10.5 Å². The highest BCUT2D eigenvalue weighted by Crippen LogP contribution is 2.28. The minimum Gasteiger partial charge on any atom is -0.322 e. The van der Waals surface area contributed by atoms with Crippen molar-refractivity contribution in [3.63, 3.8) is 0 Å². The van der Waals surface area contributed by atoms with E-state index in [2.05, 4.69) is 21.5 Å². The largest absolute Gasteiger partial charge is 0.322 e. The minimum absolute atomic E-state index is 0.0639. The van der Waals surface area contributed by atoms with Gasteiger partial charge in [-0.05, 0) is 75.6 Å². The molecule has 165 valence electrons. The lowest BCUT2D eigenvalue weighted by atomic mass is 9.90. The number of rotatable bonds is 4. The number of likely N-dealkylation sites (tertiary alicyclic amines) is 1. The van der Waals surface area contributed by atoms with Crippen LogP contribution in [0.2, 0.25) is 10.0 Å². The van der Waals surface area contributed by atoms with Gasteiger partial charge in [-0.25, -0.2) is 4.79 Å². The maximum Gasteiger partial charge on any atom is 0.321 e. The molecule has 0 spiro atoms. The normalized spacial score (nSPS) is 24.7. The Morgan fingerprint density at radius 2 is 1.77 bits per heavy atom. The number of nitrogens with one attached hydrogen (secondary N) is 1. The second kappa shape index (κ2) is 10.5. The summed E-state index contributed by atoms with van der Waals surface area (Å²) in [5.41, 5.74) is 0.680. The highest BCUT2D eigenvalue weighted by molar-refractivity contribution is 6.42. The first-order valence-corrected chi connectivity index (χ1v) is 12.1. The van der Waals surface area contributed by atoms with E-state index in [-0.39, 0.29) is 6.03 Å². The Morgan fingerprint density at radius 1 is 1.00 bits per heavy atom. The number of piperidine rings is 1. The summed E-state index contributed by atoms with van der Waals surface area (Å²) in [6, 6.07) is 5.92. The van der Waals surface area contributed by atoms with E-state index < -0.39 is 0 Å². The van der Waals surface area contributed by atoms with Crippen LogP contribution in [0.25, 0.3) is 0 Å². The van der Waals surface area contributed by atoms with Crippen molar-refractivity contribution < 1.29 is 4.79 Å². The van der Waals surface area contributed by atoms with E-state index in [9.17, 15) is 4.79 Å². The number of nitrogens with zero attached hydrogens (tertiary/aromatic N) is 3. The number of amides is 2. The van der Waals surface area contributed by atoms with Gasteiger partial charge in [0.2, 0.25) is 0 Å². The highest BCUT2D eigenvalue weighted by Gasteiger charge is 2.29. The number of hydrogen-bond donors (Lipinski definition) is 1. The van der Waals surface area contributed by atoms with E-state index >= 15 is 0 Å². The molecule has 3 aliphatic rings. The molecule has 30 heavy (non-hydrogen) atoms. The lowest BCUT2D eigenvalue weighted by Gasteiger charge is -2.42. The maximum absolute atomic E-state index is 12.6. The van der Waals surface area contributed by atoms with E-state index in [1.807, 2.05) is 4.90 Å². The molecule has 1 aliphatic carbocycles. The van der Waals surface area contributed by atoms with Crippen LogP contribution >= 0.6 is 23.2 Å². The van der Waals surface area contributed by atoms with Crippen LogP contribution in [0.3, 0.4) is 0 Å². The Morgan fingerprint density at radius 3 is 2.50 bits per heavy atom. The number of urea groups is 1. The zero-order chi connectivity index (χ0) is 20.9. The molecule has 0 aromatic heterocycles. The molecule has 1 saturated carbocycles. The van der Waals surface area contributed by atoms with Crippen LogP contribution in [0, 0.1) is 12.3 Å². The maximum atomic E-state index is 12.6. The summed E-state index contributed by atoms with van der Waals surface area (Å²) in [5.74, 6) is 0.765. The summed E-state index contributed by atoms with van der Waals surface area (Å²) < 4.78 is 0. The van der Waals surface area contributed by atoms with Gasteiger partial charge in [-0.2, -0.15) is 0 Å². The Hall–Kier alpha value is -1.01. The van der Waals surface area contributed by atoms with Crippen LogP contribution in [-0.2, 0) is 0 Å². The molecule has 0 bridgehead atoms. The van der Waals surface area contributed by atoms with Crippen molar-refractivity contribution in [2.24, 2.45) is 5.92 Å². The molecule has 3 fully saturated rings. The molecule has 1 N–H and O–H groups in total. The monoisotopic (exact) mass is 451 g/mol. The number of carbonyl (C=O) groups is 1. The smallest absolute Gasteiger partial charge is 0.321 e. The third-order valence-corrected chi connectivity index (χ3v) is 7.56. The lowest BCUT2D eigenvalue weighted by Crippen LogP contribution is -2.52. The van der Waals surface area contributed by atoms with Gasteiger partial charge in [0, 0.05) is 51.0 Å². The van der Waals surface area contributed by atoms with E-state index in [1.165, 1.54) is 51.6 Å². The van der Waals surface area contributed by atoms with Crippen LogP contribution in [0.15, 0.2) is 18.2 Å². The molecule has 5 nitrogen and oxygen atoms in total. The van der Waals surface area contributed by atoms with Crippen LogP contribution in [0.1, 0.15) is 38.5 Å². The molecule has 4 rings (SSSR count). The van der Waals surface area contributed by atoms with E-state index in [4.69, 9.17) is 23.2 Å². The zero-order valence-electron chi connectivity index (χ0n) is 17.7. The zero-order valence-corrected chi connectivity index (χ0v) is 19.2. The van der Waals surface area contributed by atoms with Gasteiger partial charge in [0.1, 0.15) is 0 Å². The first kappa shape index (κ1) is 22.2. The summed E-state index contributed by atoms with van der Waals surface area (Å²) in [4.78, 5) is 19.8. The van der Waals surface area contributed by atoms with Crippen molar-refractivity contribution in [3.8, 4) is 0 Å². The summed E-state index contributed by atoms with van der Waals surface area (Å²) in [6.45, 7) is 7.13. The highest BCUT2D eigenvalue weighted by atomic mass is 35.5. The number of hydrogen-bond acceptors (Lipinski definition) is 3. The van der Waals surface area contributed by atoms with Gasteiger partial charge in [0.25, 0.3) is 0 Å². The fraction of sp³-hybridized carbons (Fsp3) is 0.652. The molecule has 0 unspecified atom stereocenters. The van der Waals surface area contributed by atoms with E-state index in [0.717, 1.165) is 44.7 Å². The molecule has 2 amide bonds. The Balaban J connectivity index is 1.21. The van der Waals surface area contributed by atoms with Crippen molar-refractivity contribution >= 4 is 34.9 Å². The van der Waals surface area contributed by atoms with Crippen LogP contribution in [0.5, 0.6) is 0 Å². The molecule has 1 aromatic rings. The number of benzene rings is 1. The fourth-order valence-electron chi connectivity index (χ4n) is 5.13. The molecular formula is C23H33Cl2N4O. The summed E-state index contributed by atoms with van der Waals surface area (Å²) in [5, 5.41) is 3.88. The fourth-order valence-corrected chi connectivity index (χ4v) is 5.43. The van der Waals surface area contributed by atoms with Gasteiger partial charge >= 0.3 is 6.03 Å². The number of piperazine rings is 1. The van der Waals surface area contributed by atoms with Crippen molar-refractivity contribution in [1.29, 1.82) is 0 Å². The van der Waals surface area contributed by atoms with Gasteiger partial charge < -0.3 is 15.1 Å². The molecule has 1 aromatic carbocycles. The standard InChI is InChI=1S/C23H33Cl2N4O/c24-21-9-8-19(15-22(21)25)26-23(30)28-13-11-27(12-14-28)16-18-5-4-10-29(17-18)20-6-2-1-3-7-20/h1,8-9,15,18,20H,2-7,10-14,16-17H2,(H,26,30)/t18-/m1/s1. The molecule has 7 heteroatoms. The van der Waals surface area contributed by atoms with Crippen LogP contribution < -0.4 is 5.32 Å². The van der Waals surface area contributed by atoms with E-state index in [0.29, 0.717) is 15.7 Å². The summed E-state index contributed by atoms with van der Waals surface area (Å²) in [6.07, 6.45) is 10.4. The first-order valence-electron chi connectivity index (χ1n) is 11.4. The molecule has 2 heterocycles. The third kappa shape index (κ3) is 5.82. The average molecular weight is 452 g/mol. The van der Waals surface area contributed by atoms with Gasteiger partial charge in [-0.15, -0.1) is 0 Å². The van der Waals surface area contributed by atoms with Gasteiger partial charge in [-0.3, -0.25) is 4.90 Å². The average Bonchev–Trinajstić information content (AvgIpc) is 2.77. The van der Waals surface area contributed by atoms with Crippen molar-refractivity contribution in [1.82, 2.24) is 14.7 Å². The second-order valence-corrected chi connectivity index (χ2v) is 9.76. The van der Waals surface area contributed by atoms with Gasteiger partial charge in [0.15, 0.2) is 0 Å². The Kier molecular flexibility index (Phi) is 7.79. The predicted molar refractivity (Wildman–Crippen MR) is 124 cm³/mol.